The Morgan fingerprint density at radius 2 is 1.80 bits per heavy atom. The van der Waals surface area contributed by atoms with Gasteiger partial charge in [0.05, 0.1) is 11.5 Å². The van der Waals surface area contributed by atoms with Gasteiger partial charge in [-0.15, -0.1) is 0 Å². The summed E-state index contributed by atoms with van der Waals surface area (Å²) in [6.07, 6.45) is 0.888. The molecule has 0 N–H and O–H groups in total. The molecular weight excluding hydrogens is 272 g/mol. The highest BCUT2D eigenvalue weighted by Gasteiger charge is 2.27. The highest BCUT2D eigenvalue weighted by Crippen LogP contribution is 2.35. The van der Waals surface area contributed by atoms with Crippen molar-refractivity contribution in [1.29, 1.82) is 0 Å². The first-order valence-electron chi connectivity index (χ1n) is 6.60. The third kappa shape index (κ3) is 2.49. The van der Waals surface area contributed by atoms with Gasteiger partial charge >= 0.3 is 0 Å². The molecule has 0 saturated carbocycles. The van der Waals surface area contributed by atoms with Crippen LogP contribution in [0.5, 0.6) is 0 Å². The van der Waals surface area contributed by atoms with E-state index in [2.05, 4.69) is 6.07 Å². The van der Waals surface area contributed by atoms with Crippen molar-refractivity contribution in [3.05, 3.63) is 65.2 Å². The van der Waals surface area contributed by atoms with Crippen molar-refractivity contribution in [1.82, 2.24) is 0 Å². The lowest BCUT2D eigenvalue weighted by molar-refractivity contribution is 0.279. The molecule has 1 aliphatic rings. The van der Waals surface area contributed by atoms with E-state index in [4.69, 9.17) is 4.18 Å². The fourth-order valence-corrected chi connectivity index (χ4v) is 3.40. The molecule has 4 heteroatoms. The van der Waals surface area contributed by atoms with E-state index < -0.39 is 10.1 Å². The number of hydrogen-bond acceptors (Lipinski definition) is 3. The van der Waals surface area contributed by atoms with Gasteiger partial charge in [0.1, 0.15) is 0 Å². The van der Waals surface area contributed by atoms with Crippen LogP contribution >= 0.6 is 0 Å². The predicted molar refractivity (Wildman–Crippen MR) is 77.2 cm³/mol. The second-order valence-electron chi connectivity index (χ2n) is 5.15. The van der Waals surface area contributed by atoms with Crippen LogP contribution in [0.2, 0.25) is 0 Å². The molecule has 0 heterocycles. The Labute approximate surface area is 119 Å². The van der Waals surface area contributed by atoms with Gasteiger partial charge in [0, 0.05) is 5.92 Å². The summed E-state index contributed by atoms with van der Waals surface area (Å²) in [4.78, 5) is 0.218. The molecule has 3 rings (SSSR count). The lowest BCUT2D eigenvalue weighted by atomic mass is 9.78. The second kappa shape index (κ2) is 5.04. The van der Waals surface area contributed by atoms with Crippen LogP contribution in [0, 0.1) is 6.92 Å². The van der Waals surface area contributed by atoms with Gasteiger partial charge in [0.25, 0.3) is 10.1 Å². The monoisotopic (exact) mass is 288 g/mol. The van der Waals surface area contributed by atoms with E-state index in [0.717, 1.165) is 12.0 Å². The zero-order chi connectivity index (χ0) is 14.2. The first-order chi connectivity index (χ1) is 9.56. The van der Waals surface area contributed by atoms with Crippen LogP contribution in [0.3, 0.4) is 0 Å². The molecule has 0 bridgehead atoms. The second-order valence-corrected chi connectivity index (χ2v) is 6.77. The van der Waals surface area contributed by atoms with Crippen molar-refractivity contribution in [3.8, 4) is 0 Å². The van der Waals surface area contributed by atoms with Crippen LogP contribution in [-0.2, 0) is 20.7 Å². The van der Waals surface area contributed by atoms with Crippen LogP contribution in [-0.4, -0.2) is 15.0 Å². The fraction of sp³-hybridized carbons (Fsp3) is 0.250. The summed E-state index contributed by atoms with van der Waals surface area (Å²) in [6, 6.07) is 14.8. The molecule has 0 spiro atoms. The normalized spacial score (nSPS) is 17.4. The average molecular weight is 288 g/mol. The predicted octanol–water partition coefficient (Wildman–Crippen LogP) is 3.04. The highest BCUT2D eigenvalue weighted by molar-refractivity contribution is 7.86. The number of hydrogen-bond donors (Lipinski definition) is 0. The van der Waals surface area contributed by atoms with Gasteiger partial charge in [-0.1, -0.05) is 42.0 Å². The number of benzene rings is 2. The Morgan fingerprint density at radius 1 is 1.10 bits per heavy atom. The summed E-state index contributed by atoms with van der Waals surface area (Å²) >= 11 is 0. The summed E-state index contributed by atoms with van der Waals surface area (Å²) in [5, 5.41) is 0. The van der Waals surface area contributed by atoms with Gasteiger partial charge < -0.3 is 0 Å². The fourth-order valence-electron chi connectivity index (χ4n) is 2.46. The zero-order valence-corrected chi connectivity index (χ0v) is 12.1. The molecule has 104 valence electrons. The topological polar surface area (TPSA) is 43.4 Å². The van der Waals surface area contributed by atoms with Crippen molar-refractivity contribution in [2.45, 2.75) is 24.2 Å². The molecule has 1 aliphatic carbocycles. The van der Waals surface area contributed by atoms with Crippen molar-refractivity contribution >= 4 is 10.1 Å². The van der Waals surface area contributed by atoms with Gasteiger partial charge in [0.2, 0.25) is 0 Å². The van der Waals surface area contributed by atoms with Crippen molar-refractivity contribution in [2.24, 2.45) is 0 Å². The van der Waals surface area contributed by atoms with Crippen LogP contribution < -0.4 is 0 Å². The van der Waals surface area contributed by atoms with Crippen molar-refractivity contribution < 1.29 is 12.6 Å². The summed E-state index contributed by atoms with van der Waals surface area (Å²) in [5.41, 5.74) is 3.51. The third-order valence-electron chi connectivity index (χ3n) is 3.70. The number of fused-ring (bicyclic) bond motifs is 1. The maximum Gasteiger partial charge on any atom is 0.296 e. The quantitative estimate of drug-likeness (QED) is 0.812. The van der Waals surface area contributed by atoms with Gasteiger partial charge in [0.15, 0.2) is 0 Å². The Kier molecular flexibility index (Phi) is 3.36. The zero-order valence-electron chi connectivity index (χ0n) is 11.2. The minimum absolute atomic E-state index is 0.187. The first-order valence-corrected chi connectivity index (χ1v) is 8.01. The van der Waals surface area contributed by atoms with E-state index in [1.165, 1.54) is 11.1 Å². The third-order valence-corrected chi connectivity index (χ3v) is 4.99. The molecule has 0 amide bonds. The van der Waals surface area contributed by atoms with Gasteiger partial charge in [-0.05, 0) is 36.6 Å². The van der Waals surface area contributed by atoms with Crippen molar-refractivity contribution in [2.75, 3.05) is 6.61 Å². The van der Waals surface area contributed by atoms with Crippen LogP contribution in [0.1, 0.15) is 22.6 Å². The van der Waals surface area contributed by atoms with E-state index in [1.54, 1.807) is 24.3 Å². The number of rotatable bonds is 4. The smallest absolute Gasteiger partial charge is 0.266 e. The largest absolute Gasteiger partial charge is 0.296 e. The molecule has 0 radical (unpaired) electrons. The Hall–Kier alpha value is -1.65. The summed E-state index contributed by atoms with van der Waals surface area (Å²) in [5.74, 6) is 0.187. The van der Waals surface area contributed by atoms with Gasteiger partial charge in [-0.3, -0.25) is 4.18 Å². The lowest BCUT2D eigenvalue weighted by Gasteiger charge is -2.29. The minimum Gasteiger partial charge on any atom is -0.266 e. The average Bonchev–Trinajstić information content (AvgIpc) is 2.40. The molecule has 0 fully saturated rings. The molecule has 20 heavy (non-hydrogen) atoms. The maximum absolute atomic E-state index is 12.1. The molecule has 0 saturated heterocycles. The molecule has 1 unspecified atom stereocenters. The van der Waals surface area contributed by atoms with E-state index in [1.807, 2.05) is 25.1 Å². The Bertz CT molecular complexity index is 718. The molecule has 3 nitrogen and oxygen atoms in total. The summed E-state index contributed by atoms with van der Waals surface area (Å²) in [7, 11) is -3.65. The lowest BCUT2D eigenvalue weighted by Crippen LogP contribution is -2.23. The maximum atomic E-state index is 12.1. The standard InChI is InChI=1S/C16H16O3S/c1-12-6-8-15(9-7-12)20(17,18)19-11-14-10-13-4-2-3-5-16(13)14/h2-9,14H,10-11H2,1H3. The molecule has 0 aromatic heterocycles. The van der Waals surface area contributed by atoms with Gasteiger partial charge in [-0.2, -0.15) is 8.42 Å². The van der Waals surface area contributed by atoms with E-state index >= 15 is 0 Å². The SMILES string of the molecule is Cc1ccc(S(=O)(=O)OCC2Cc3ccccc32)cc1. The Balaban J connectivity index is 1.68. The van der Waals surface area contributed by atoms with Crippen LogP contribution in [0.4, 0.5) is 0 Å². The molecule has 1 atom stereocenters. The molecule has 2 aromatic rings. The molecular formula is C16H16O3S. The van der Waals surface area contributed by atoms with Crippen LogP contribution in [0.15, 0.2) is 53.4 Å². The summed E-state index contributed by atoms with van der Waals surface area (Å²) < 4.78 is 29.3. The minimum atomic E-state index is -3.65. The molecule has 0 aliphatic heterocycles. The first kappa shape index (κ1) is 13.3. The highest BCUT2D eigenvalue weighted by atomic mass is 32.2. The van der Waals surface area contributed by atoms with E-state index in [9.17, 15) is 8.42 Å². The van der Waals surface area contributed by atoms with Crippen LogP contribution in [0.25, 0.3) is 0 Å². The van der Waals surface area contributed by atoms with E-state index in [-0.39, 0.29) is 17.4 Å². The molecule has 2 aromatic carbocycles. The van der Waals surface area contributed by atoms with E-state index in [0.29, 0.717) is 0 Å². The van der Waals surface area contributed by atoms with Crippen molar-refractivity contribution in [3.63, 3.8) is 0 Å². The number of aryl methyl sites for hydroxylation is 1. The summed E-state index contributed by atoms with van der Waals surface area (Å²) in [6.45, 7) is 2.13. The van der Waals surface area contributed by atoms with Gasteiger partial charge in [-0.25, -0.2) is 0 Å². The Morgan fingerprint density at radius 3 is 2.50 bits per heavy atom.